The maximum Gasteiger partial charge on any atom is 0.231 e. The van der Waals surface area contributed by atoms with Gasteiger partial charge in [0.05, 0.1) is 11.9 Å². The number of nitrogens with zero attached hydrogens (tertiary/aromatic N) is 3. The minimum absolute atomic E-state index is 0.00287. The Bertz CT molecular complexity index is 393. The lowest BCUT2D eigenvalue weighted by Gasteiger charge is -1.91. The Morgan fingerprint density at radius 1 is 1.45 bits per heavy atom. The molecule has 2 heterocycles. The first-order valence-corrected chi connectivity index (χ1v) is 3.28. The van der Waals surface area contributed by atoms with Gasteiger partial charge in [-0.05, 0) is 19.1 Å². The Labute approximate surface area is 63.1 Å². The van der Waals surface area contributed by atoms with E-state index in [1.807, 2.05) is 19.1 Å². The summed E-state index contributed by atoms with van der Waals surface area (Å²) >= 11 is 0. The molecule has 4 heteroatoms. The third-order valence-corrected chi connectivity index (χ3v) is 1.44. The van der Waals surface area contributed by atoms with E-state index in [4.69, 9.17) is 5.11 Å². The molecular formula is C7H7N3O. The number of aromatic nitrogens is 3. The van der Waals surface area contributed by atoms with Gasteiger partial charge in [-0.15, -0.1) is 0 Å². The number of hydrogen-bond donors (Lipinski definition) is 1. The second-order valence-electron chi connectivity index (χ2n) is 2.38. The van der Waals surface area contributed by atoms with Crippen LogP contribution in [-0.2, 0) is 0 Å². The first kappa shape index (κ1) is 6.15. The SMILES string of the molecule is Cc1ccc2nc(O)cn2n1. The zero-order chi connectivity index (χ0) is 7.84. The fourth-order valence-electron chi connectivity index (χ4n) is 0.965. The summed E-state index contributed by atoms with van der Waals surface area (Å²) in [4.78, 5) is 3.81. The van der Waals surface area contributed by atoms with E-state index >= 15 is 0 Å². The zero-order valence-electron chi connectivity index (χ0n) is 6.02. The number of hydrogen-bond acceptors (Lipinski definition) is 3. The van der Waals surface area contributed by atoms with Crippen LogP contribution in [0.4, 0.5) is 0 Å². The predicted octanol–water partition coefficient (Wildman–Crippen LogP) is 0.743. The van der Waals surface area contributed by atoms with Gasteiger partial charge in [0.2, 0.25) is 5.88 Å². The molecule has 0 aliphatic carbocycles. The summed E-state index contributed by atoms with van der Waals surface area (Å²) in [7, 11) is 0. The van der Waals surface area contributed by atoms with Crippen molar-refractivity contribution in [3.8, 4) is 5.88 Å². The molecule has 2 rings (SSSR count). The molecule has 0 aromatic carbocycles. The summed E-state index contributed by atoms with van der Waals surface area (Å²) in [5, 5.41) is 13.1. The molecule has 0 atom stereocenters. The van der Waals surface area contributed by atoms with Crippen molar-refractivity contribution in [2.75, 3.05) is 0 Å². The van der Waals surface area contributed by atoms with Crippen LogP contribution in [0.25, 0.3) is 5.65 Å². The molecule has 0 saturated carbocycles. The summed E-state index contributed by atoms with van der Waals surface area (Å²) in [6.07, 6.45) is 1.47. The van der Waals surface area contributed by atoms with Crippen LogP contribution >= 0.6 is 0 Å². The predicted molar refractivity (Wildman–Crippen MR) is 39.4 cm³/mol. The minimum atomic E-state index is 0.00287. The maximum absolute atomic E-state index is 8.98. The van der Waals surface area contributed by atoms with E-state index in [0.29, 0.717) is 5.65 Å². The van der Waals surface area contributed by atoms with Gasteiger partial charge >= 0.3 is 0 Å². The summed E-state index contributed by atoms with van der Waals surface area (Å²) in [6, 6.07) is 3.66. The molecule has 2 aromatic heterocycles. The molecule has 4 nitrogen and oxygen atoms in total. The quantitative estimate of drug-likeness (QED) is 0.601. The number of rotatable bonds is 0. The second kappa shape index (κ2) is 1.95. The van der Waals surface area contributed by atoms with E-state index in [9.17, 15) is 0 Å². The lowest BCUT2D eigenvalue weighted by Crippen LogP contribution is -1.91. The van der Waals surface area contributed by atoms with Gasteiger partial charge in [0, 0.05) is 0 Å². The normalized spacial score (nSPS) is 10.6. The fourth-order valence-corrected chi connectivity index (χ4v) is 0.965. The molecule has 0 amide bonds. The van der Waals surface area contributed by atoms with Crippen molar-refractivity contribution in [2.24, 2.45) is 0 Å². The molecule has 0 radical (unpaired) electrons. The van der Waals surface area contributed by atoms with Crippen LogP contribution in [0.3, 0.4) is 0 Å². The summed E-state index contributed by atoms with van der Waals surface area (Å²) in [6.45, 7) is 1.89. The Morgan fingerprint density at radius 3 is 3.09 bits per heavy atom. The average Bonchev–Trinajstić information content (AvgIpc) is 2.27. The molecule has 0 fully saturated rings. The van der Waals surface area contributed by atoms with Crippen LogP contribution in [0.5, 0.6) is 5.88 Å². The average molecular weight is 149 g/mol. The Balaban J connectivity index is 2.82. The first-order chi connectivity index (χ1) is 5.25. The van der Waals surface area contributed by atoms with Gasteiger partial charge in [-0.25, -0.2) is 4.52 Å². The highest BCUT2D eigenvalue weighted by Crippen LogP contribution is 2.07. The van der Waals surface area contributed by atoms with Crippen LogP contribution in [0.15, 0.2) is 18.3 Å². The van der Waals surface area contributed by atoms with Crippen molar-refractivity contribution in [1.82, 2.24) is 14.6 Å². The largest absolute Gasteiger partial charge is 0.492 e. The highest BCUT2D eigenvalue weighted by molar-refractivity contribution is 5.39. The third kappa shape index (κ3) is 0.920. The van der Waals surface area contributed by atoms with Crippen LogP contribution in [-0.4, -0.2) is 19.7 Å². The van der Waals surface area contributed by atoms with E-state index in [0.717, 1.165) is 5.69 Å². The lowest BCUT2D eigenvalue weighted by molar-refractivity contribution is 0.457. The molecule has 11 heavy (non-hydrogen) atoms. The van der Waals surface area contributed by atoms with Gasteiger partial charge in [0.1, 0.15) is 0 Å². The Kier molecular flexibility index (Phi) is 1.09. The second-order valence-corrected chi connectivity index (χ2v) is 2.38. The maximum atomic E-state index is 8.98. The first-order valence-electron chi connectivity index (χ1n) is 3.28. The van der Waals surface area contributed by atoms with Crippen LogP contribution < -0.4 is 0 Å². The summed E-state index contributed by atoms with van der Waals surface area (Å²) < 4.78 is 1.55. The van der Waals surface area contributed by atoms with E-state index in [2.05, 4.69) is 10.1 Å². The smallest absolute Gasteiger partial charge is 0.231 e. The van der Waals surface area contributed by atoms with Gasteiger partial charge in [-0.3, -0.25) is 0 Å². The molecular weight excluding hydrogens is 142 g/mol. The number of fused-ring (bicyclic) bond motifs is 1. The van der Waals surface area contributed by atoms with Gasteiger partial charge < -0.3 is 5.11 Å². The van der Waals surface area contributed by atoms with Crippen molar-refractivity contribution in [1.29, 1.82) is 0 Å². The van der Waals surface area contributed by atoms with Crippen LogP contribution in [0.1, 0.15) is 5.69 Å². The Morgan fingerprint density at radius 2 is 2.27 bits per heavy atom. The van der Waals surface area contributed by atoms with Crippen molar-refractivity contribution >= 4 is 5.65 Å². The van der Waals surface area contributed by atoms with Gasteiger partial charge in [0.15, 0.2) is 5.65 Å². The van der Waals surface area contributed by atoms with Crippen molar-refractivity contribution in [2.45, 2.75) is 6.92 Å². The van der Waals surface area contributed by atoms with Gasteiger partial charge in [-0.1, -0.05) is 0 Å². The standard InChI is InChI=1S/C7H7N3O/c1-5-2-3-6-8-7(11)4-10(6)9-5/h2-4,11H,1H3. The molecule has 0 aliphatic rings. The van der Waals surface area contributed by atoms with E-state index in [1.165, 1.54) is 6.20 Å². The Hall–Kier alpha value is -1.58. The lowest BCUT2D eigenvalue weighted by atomic mass is 10.4. The third-order valence-electron chi connectivity index (χ3n) is 1.44. The molecule has 0 aliphatic heterocycles. The van der Waals surface area contributed by atoms with E-state index in [-0.39, 0.29) is 5.88 Å². The highest BCUT2D eigenvalue weighted by Gasteiger charge is 1.98. The van der Waals surface area contributed by atoms with Crippen molar-refractivity contribution in [3.05, 3.63) is 24.0 Å². The zero-order valence-corrected chi connectivity index (χ0v) is 6.02. The molecule has 2 aromatic rings. The van der Waals surface area contributed by atoms with Gasteiger partial charge in [-0.2, -0.15) is 10.1 Å². The summed E-state index contributed by atoms with van der Waals surface area (Å²) in [5.41, 5.74) is 1.56. The van der Waals surface area contributed by atoms with Crippen molar-refractivity contribution < 1.29 is 5.11 Å². The molecule has 0 spiro atoms. The molecule has 0 saturated heterocycles. The van der Waals surface area contributed by atoms with Gasteiger partial charge in [0.25, 0.3) is 0 Å². The molecule has 1 N–H and O–H groups in total. The van der Waals surface area contributed by atoms with Crippen LogP contribution in [0, 0.1) is 6.92 Å². The molecule has 0 unspecified atom stereocenters. The number of aryl methyl sites for hydroxylation is 1. The molecule has 56 valence electrons. The van der Waals surface area contributed by atoms with Crippen LogP contribution in [0.2, 0.25) is 0 Å². The van der Waals surface area contributed by atoms with Crippen molar-refractivity contribution in [3.63, 3.8) is 0 Å². The number of aromatic hydroxyl groups is 1. The summed E-state index contributed by atoms with van der Waals surface area (Å²) in [5.74, 6) is 0.00287. The topological polar surface area (TPSA) is 50.4 Å². The number of imidazole rings is 1. The monoisotopic (exact) mass is 149 g/mol. The highest BCUT2D eigenvalue weighted by atomic mass is 16.3. The minimum Gasteiger partial charge on any atom is -0.492 e. The fraction of sp³-hybridized carbons (Fsp3) is 0.143. The van der Waals surface area contributed by atoms with E-state index in [1.54, 1.807) is 4.52 Å². The van der Waals surface area contributed by atoms with E-state index < -0.39 is 0 Å². The molecule has 0 bridgehead atoms.